The summed E-state index contributed by atoms with van der Waals surface area (Å²) in [5.41, 5.74) is 0. The van der Waals surface area contributed by atoms with Gasteiger partial charge in [-0.15, -0.1) is 0 Å². The van der Waals surface area contributed by atoms with Gasteiger partial charge in [0.2, 0.25) is 0 Å². The lowest BCUT2D eigenvalue weighted by molar-refractivity contribution is -0.140. The minimum Gasteiger partial charge on any atom is -0.469 e. The van der Waals surface area contributed by atoms with E-state index in [-0.39, 0.29) is 19.0 Å². The zero-order valence-corrected chi connectivity index (χ0v) is 13.6. The van der Waals surface area contributed by atoms with Crippen LogP contribution in [0.1, 0.15) is 39.5 Å². The number of carbonyl (C=O) groups is 1. The van der Waals surface area contributed by atoms with Gasteiger partial charge in [-0.2, -0.15) is 17.4 Å². The molecule has 1 saturated carbocycles. The topological polar surface area (TPSA) is 75.7 Å². The van der Waals surface area contributed by atoms with Crippen LogP contribution in [0.4, 0.5) is 0 Å². The summed E-state index contributed by atoms with van der Waals surface area (Å²) < 4.78 is 32.8. The Balaban J connectivity index is 2.54. The molecule has 0 saturated heterocycles. The minimum atomic E-state index is -3.54. The monoisotopic (exact) mass is 306 g/mol. The first-order chi connectivity index (χ1) is 9.31. The molecular formula is C13H26N2O4S. The quantitative estimate of drug-likeness (QED) is 0.716. The van der Waals surface area contributed by atoms with E-state index in [0.717, 1.165) is 19.3 Å². The number of rotatable bonds is 7. The number of esters is 1. The summed E-state index contributed by atoms with van der Waals surface area (Å²) in [6.07, 6.45) is 3.09. The lowest BCUT2D eigenvalue weighted by atomic mass is 9.94. The highest BCUT2D eigenvalue weighted by atomic mass is 32.2. The number of methoxy groups -OCH3 is 1. The molecule has 1 rings (SSSR count). The fraction of sp³-hybridized carbons (Fsp3) is 0.923. The molecule has 3 atom stereocenters. The maximum Gasteiger partial charge on any atom is 0.306 e. The molecule has 0 aromatic carbocycles. The Bertz CT molecular complexity index is 424. The van der Waals surface area contributed by atoms with Gasteiger partial charge in [0.15, 0.2) is 0 Å². The van der Waals surface area contributed by atoms with Gasteiger partial charge in [0.05, 0.1) is 13.5 Å². The fourth-order valence-corrected chi connectivity index (χ4v) is 3.97. The summed E-state index contributed by atoms with van der Waals surface area (Å²) in [6.45, 7) is 4.36. The third-order valence-electron chi connectivity index (χ3n) is 4.32. The molecule has 1 aliphatic rings. The second-order valence-corrected chi connectivity index (χ2v) is 7.29. The van der Waals surface area contributed by atoms with E-state index in [1.54, 1.807) is 0 Å². The third kappa shape index (κ3) is 4.43. The first-order valence-corrected chi connectivity index (χ1v) is 8.56. The Morgan fingerprint density at radius 1 is 1.40 bits per heavy atom. The van der Waals surface area contributed by atoms with Crippen molar-refractivity contribution in [1.82, 2.24) is 9.03 Å². The Labute approximate surface area is 122 Å². The van der Waals surface area contributed by atoms with E-state index >= 15 is 0 Å². The van der Waals surface area contributed by atoms with Crippen LogP contribution in [0.5, 0.6) is 0 Å². The van der Waals surface area contributed by atoms with Crippen LogP contribution >= 0.6 is 0 Å². The van der Waals surface area contributed by atoms with E-state index in [1.807, 2.05) is 0 Å². The molecule has 20 heavy (non-hydrogen) atoms. The Morgan fingerprint density at radius 2 is 2.05 bits per heavy atom. The van der Waals surface area contributed by atoms with Gasteiger partial charge >= 0.3 is 5.97 Å². The maximum absolute atomic E-state index is 12.2. The second kappa shape index (κ2) is 7.38. The third-order valence-corrected chi connectivity index (χ3v) is 5.92. The average Bonchev–Trinajstić information content (AvgIpc) is 2.75. The van der Waals surface area contributed by atoms with E-state index in [4.69, 9.17) is 0 Å². The molecular weight excluding hydrogens is 280 g/mol. The van der Waals surface area contributed by atoms with Crippen molar-refractivity contribution < 1.29 is 17.9 Å². The van der Waals surface area contributed by atoms with Crippen LogP contribution < -0.4 is 4.72 Å². The molecule has 3 unspecified atom stereocenters. The smallest absolute Gasteiger partial charge is 0.306 e. The Morgan fingerprint density at radius 3 is 2.55 bits per heavy atom. The molecule has 0 radical (unpaired) electrons. The first-order valence-electron chi connectivity index (χ1n) is 7.12. The van der Waals surface area contributed by atoms with Crippen LogP contribution in [0.2, 0.25) is 0 Å². The highest BCUT2D eigenvalue weighted by Gasteiger charge is 2.35. The molecule has 118 valence electrons. The Hall–Kier alpha value is -0.660. The van der Waals surface area contributed by atoms with Crippen molar-refractivity contribution in [2.24, 2.45) is 11.8 Å². The summed E-state index contributed by atoms with van der Waals surface area (Å²) >= 11 is 0. The summed E-state index contributed by atoms with van der Waals surface area (Å²) in [7, 11) is -0.770. The van der Waals surface area contributed by atoms with E-state index < -0.39 is 16.2 Å². The zero-order valence-electron chi connectivity index (χ0n) is 12.8. The lowest BCUT2D eigenvalue weighted by Gasteiger charge is -2.24. The predicted octanol–water partition coefficient (Wildman–Crippen LogP) is 1.14. The van der Waals surface area contributed by atoms with E-state index in [9.17, 15) is 13.2 Å². The fourth-order valence-electron chi connectivity index (χ4n) is 2.74. The molecule has 1 aliphatic carbocycles. The largest absolute Gasteiger partial charge is 0.469 e. The molecule has 6 nitrogen and oxygen atoms in total. The van der Waals surface area contributed by atoms with Crippen molar-refractivity contribution in [3.63, 3.8) is 0 Å². The second-order valence-electron chi connectivity index (χ2n) is 5.48. The van der Waals surface area contributed by atoms with E-state index in [1.165, 1.54) is 18.5 Å². The van der Waals surface area contributed by atoms with Crippen molar-refractivity contribution in [3.8, 4) is 0 Å². The van der Waals surface area contributed by atoms with Crippen molar-refractivity contribution >= 4 is 16.2 Å². The first kappa shape index (κ1) is 17.4. The van der Waals surface area contributed by atoms with Gasteiger partial charge in [-0.1, -0.05) is 20.3 Å². The van der Waals surface area contributed by atoms with Gasteiger partial charge in [0, 0.05) is 19.6 Å². The van der Waals surface area contributed by atoms with Crippen LogP contribution in [0.15, 0.2) is 0 Å². The highest BCUT2D eigenvalue weighted by Crippen LogP contribution is 2.34. The predicted molar refractivity (Wildman–Crippen MR) is 77.3 cm³/mol. The lowest BCUT2D eigenvalue weighted by Crippen LogP contribution is -2.45. The molecule has 1 fully saturated rings. The maximum atomic E-state index is 12.2. The van der Waals surface area contributed by atoms with Crippen molar-refractivity contribution in [3.05, 3.63) is 0 Å². The Kier molecular flexibility index (Phi) is 6.42. The minimum absolute atomic E-state index is 0.00877. The number of nitrogens with one attached hydrogen (secondary N) is 1. The van der Waals surface area contributed by atoms with Crippen LogP contribution in [0.25, 0.3) is 0 Å². The van der Waals surface area contributed by atoms with Gasteiger partial charge in [0.25, 0.3) is 10.2 Å². The zero-order chi connectivity index (χ0) is 15.3. The summed E-state index contributed by atoms with van der Waals surface area (Å²) in [5, 5.41) is 0. The molecule has 1 N–H and O–H groups in total. The molecule has 0 aromatic heterocycles. The number of hydrogen-bond acceptors (Lipinski definition) is 4. The SMILES string of the molecule is CCC1CCC(NS(=O)(=O)N(C)CCC(=O)OC)C1C. The van der Waals surface area contributed by atoms with Crippen LogP contribution in [-0.4, -0.2) is 45.4 Å². The van der Waals surface area contributed by atoms with Crippen molar-refractivity contribution in [1.29, 1.82) is 0 Å². The number of carbonyl (C=O) groups excluding carboxylic acids is 1. The van der Waals surface area contributed by atoms with Gasteiger partial charge in [-0.25, -0.2) is 0 Å². The average molecular weight is 306 g/mol. The molecule has 0 spiro atoms. The number of nitrogens with zero attached hydrogens (tertiary/aromatic N) is 1. The van der Waals surface area contributed by atoms with E-state index in [0.29, 0.717) is 11.8 Å². The standard InChI is InChI=1S/C13H26N2O4S/c1-5-11-6-7-12(10(11)2)14-20(17,18)15(3)9-8-13(16)19-4/h10-12,14H,5-9H2,1-4H3. The highest BCUT2D eigenvalue weighted by molar-refractivity contribution is 7.87. The normalized spacial score (nSPS) is 26.9. The molecule has 0 aromatic rings. The van der Waals surface area contributed by atoms with Crippen molar-refractivity contribution in [2.45, 2.75) is 45.6 Å². The van der Waals surface area contributed by atoms with Gasteiger partial charge in [-0.05, 0) is 24.7 Å². The van der Waals surface area contributed by atoms with E-state index in [2.05, 4.69) is 23.3 Å². The van der Waals surface area contributed by atoms with Crippen LogP contribution in [-0.2, 0) is 19.7 Å². The number of hydrogen-bond donors (Lipinski definition) is 1. The van der Waals surface area contributed by atoms with Gasteiger partial charge in [-0.3, -0.25) is 4.79 Å². The molecule has 0 heterocycles. The summed E-state index contributed by atoms with van der Waals surface area (Å²) in [6, 6.07) is -0.00877. The van der Waals surface area contributed by atoms with Crippen LogP contribution in [0.3, 0.4) is 0 Å². The summed E-state index contributed by atoms with van der Waals surface area (Å²) in [4.78, 5) is 11.1. The number of ether oxygens (including phenoxy) is 1. The molecule has 0 aliphatic heterocycles. The van der Waals surface area contributed by atoms with Crippen molar-refractivity contribution in [2.75, 3.05) is 20.7 Å². The van der Waals surface area contributed by atoms with Gasteiger partial charge < -0.3 is 4.74 Å². The molecule has 0 bridgehead atoms. The summed E-state index contributed by atoms with van der Waals surface area (Å²) in [5.74, 6) is 0.527. The van der Waals surface area contributed by atoms with Gasteiger partial charge in [0.1, 0.15) is 0 Å². The molecule has 7 heteroatoms. The van der Waals surface area contributed by atoms with Crippen LogP contribution in [0, 0.1) is 11.8 Å². The molecule has 0 amide bonds.